The molecule has 2 aromatic carbocycles. The number of aromatic nitrogens is 2. The summed E-state index contributed by atoms with van der Waals surface area (Å²) in [5, 5.41) is 5.23. The van der Waals surface area contributed by atoms with Crippen molar-refractivity contribution in [1.82, 2.24) is 9.78 Å². The van der Waals surface area contributed by atoms with Crippen LogP contribution in [0.3, 0.4) is 0 Å². The van der Waals surface area contributed by atoms with E-state index < -0.39 is 0 Å². The predicted octanol–water partition coefficient (Wildman–Crippen LogP) is 5.63. The van der Waals surface area contributed by atoms with Crippen molar-refractivity contribution in [3.05, 3.63) is 65.9 Å². The van der Waals surface area contributed by atoms with E-state index in [-0.39, 0.29) is 5.54 Å². The quantitative estimate of drug-likeness (QED) is 0.600. The molecule has 3 heteroatoms. The van der Waals surface area contributed by atoms with Gasteiger partial charge in [0.2, 0.25) is 0 Å². The van der Waals surface area contributed by atoms with Gasteiger partial charge in [-0.25, -0.2) is 0 Å². The van der Waals surface area contributed by atoms with E-state index in [1.54, 1.807) is 0 Å². The van der Waals surface area contributed by atoms with Crippen LogP contribution < -0.4 is 0 Å². The molecule has 1 aromatic heterocycles. The van der Waals surface area contributed by atoms with Crippen LogP contribution in [0.4, 0.5) is 0 Å². The van der Waals surface area contributed by atoms with Crippen molar-refractivity contribution in [1.29, 1.82) is 0 Å². The van der Waals surface area contributed by atoms with Crippen LogP contribution in [-0.2, 0) is 5.54 Å². The highest BCUT2D eigenvalue weighted by molar-refractivity contribution is 6.30. The van der Waals surface area contributed by atoms with Crippen LogP contribution in [0.2, 0.25) is 5.02 Å². The summed E-state index contributed by atoms with van der Waals surface area (Å²) in [5.41, 5.74) is 4.63. The lowest BCUT2D eigenvalue weighted by atomic mass is 10.0. The van der Waals surface area contributed by atoms with Gasteiger partial charge in [-0.15, -0.1) is 0 Å². The maximum Gasteiger partial charge on any atom is 0.0568 e. The number of halogens is 1. The van der Waals surface area contributed by atoms with Crippen LogP contribution in [0, 0.1) is 0 Å². The van der Waals surface area contributed by atoms with Crippen LogP contribution in [0.5, 0.6) is 0 Å². The van der Waals surface area contributed by atoms with Gasteiger partial charge in [-0.1, -0.05) is 41.9 Å². The fourth-order valence-electron chi connectivity index (χ4n) is 2.36. The summed E-state index contributed by atoms with van der Waals surface area (Å²) in [6.45, 7) is 6.44. The SMILES string of the molecule is CC(C)(C)n1cc(-c2cccc(-c3ccc(Cl)cc3)c2)cn1. The molecule has 22 heavy (non-hydrogen) atoms. The molecule has 0 amide bonds. The number of benzene rings is 2. The van der Waals surface area contributed by atoms with Crippen molar-refractivity contribution in [2.45, 2.75) is 26.3 Å². The van der Waals surface area contributed by atoms with Crippen LogP contribution in [0.25, 0.3) is 22.3 Å². The van der Waals surface area contributed by atoms with Gasteiger partial charge >= 0.3 is 0 Å². The summed E-state index contributed by atoms with van der Waals surface area (Å²) in [6, 6.07) is 16.4. The highest BCUT2D eigenvalue weighted by Crippen LogP contribution is 2.28. The first-order valence-electron chi connectivity index (χ1n) is 7.35. The normalized spacial score (nSPS) is 11.6. The Balaban J connectivity index is 1.97. The zero-order chi connectivity index (χ0) is 15.7. The van der Waals surface area contributed by atoms with Crippen molar-refractivity contribution in [2.24, 2.45) is 0 Å². The first kappa shape index (κ1) is 14.9. The van der Waals surface area contributed by atoms with Crippen molar-refractivity contribution in [3.8, 4) is 22.3 Å². The van der Waals surface area contributed by atoms with Gasteiger partial charge < -0.3 is 0 Å². The first-order valence-corrected chi connectivity index (χ1v) is 7.73. The lowest BCUT2D eigenvalue weighted by Crippen LogP contribution is -2.21. The van der Waals surface area contributed by atoms with Crippen molar-refractivity contribution in [3.63, 3.8) is 0 Å². The van der Waals surface area contributed by atoms with Gasteiger partial charge in [-0.2, -0.15) is 5.10 Å². The summed E-state index contributed by atoms with van der Waals surface area (Å²) in [6.07, 6.45) is 4.02. The smallest absolute Gasteiger partial charge is 0.0568 e. The van der Waals surface area contributed by atoms with Crippen LogP contribution >= 0.6 is 11.6 Å². The second-order valence-corrected chi connectivity index (χ2v) is 6.87. The molecule has 1 heterocycles. The fourth-order valence-corrected chi connectivity index (χ4v) is 2.49. The molecule has 3 aromatic rings. The first-order chi connectivity index (χ1) is 10.4. The van der Waals surface area contributed by atoms with Gasteiger partial charge in [0.05, 0.1) is 11.7 Å². The Labute approximate surface area is 136 Å². The molecule has 0 unspecified atom stereocenters. The molecule has 0 radical (unpaired) electrons. The third kappa shape index (κ3) is 3.07. The predicted molar refractivity (Wildman–Crippen MR) is 93.1 cm³/mol. The molecular weight excluding hydrogens is 292 g/mol. The molecule has 0 saturated carbocycles. The lowest BCUT2D eigenvalue weighted by Gasteiger charge is -2.18. The number of hydrogen-bond donors (Lipinski definition) is 0. The van der Waals surface area contributed by atoms with E-state index in [0.717, 1.165) is 16.1 Å². The van der Waals surface area contributed by atoms with E-state index in [9.17, 15) is 0 Å². The monoisotopic (exact) mass is 310 g/mol. The summed E-state index contributed by atoms with van der Waals surface area (Å²) in [7, 11) is 0. The Bertz CT molecular complexity index is 780. The Morgan fingerprint density at radius 2 is 1.50 bits per heavy atom. The van der Waals surface area contributed by atoms with Crippen LogP contribution in [-0.4, -0.2) is 9.78 Å². The zero-order valence-electron chi connectivity index (χ0n) is 13.0. The van der Waals surface area contributed by atoms with E-state index in [1.807, 2.05) is 35.1 Å². The minimum Gasteiger partial charge on any atom is -0.267 e. The molecule has 0 aliphatic rings. The molecule has 0 atom stereocenters. The molecule has 0 bridgehead atoms. The second kappa shape index (κ2) is 5.62. The van der Waals surface area contributed by atoms with E-state index in [2.05, 4.69) is 56.3 Å². The third-order valence-electron chi connectivity index (χ3n) is 3.64. The van der Waals surface area contributed by atoms with Gasteiger partial charge in [0.25, 0.3) is 0 Å². The van der Waals surface area contributed by atoms with Gasteiger partial charge in [0.1, 0.15) is 0 Å². The molecule has 3 rings (SSSR count). The van der Waals surface area contributed by atoms with Gasteiger partial charge in [-0.3, -0.25) is 4.68 Å². The lowest BCUT2D eigenvalue weighted by molar-refractivity contribution is 0.355. The van der Waals surface area contributed by atoms with Gasteiger partial charge in [0, 0.05) is 16.8 Å². The molecule has 0 spiro atoms. The molecular formula is C19H19ClN2. The van der Waals surface area contributed by atoms with Crippen molar-refractivity contribution >= 4 is 11.6 Å². The number of hydrogen-bond acceptors (Lipinski definition) is 1. The zero-order valence-corrected chi connectivity index (χ0v) is 13.8. The average Bonchev–Trinajstić information content (AvgIpc) is 2.98. The topological polar surface area (TPSA) is 17.8 Å². The summed E-state index contributed by atoms with van der Waals surface area (Å²) in [5.74, 6) is 0. The van der Waals surface area contributed by atoms with Crippen molar-refractivity contribution < 1.29 is 0 Å². The maximum atomic E-state index is 5.96. The van der Waals surface area contributed by atoms with Gasteiger partial charge in [-0.05, 0) is 55.7 Å². The Morgan fingerprint density at radius 1 is 0.864 bits per heavy atom. The van der Waals surface area contributed by atoms with Crippen LogP contribution in [0.1, 0.15) is 20.8 Å². The molecule has 0 fully saturated rings. The fraction of sp³-hybridized carbons (Fsp3) is 0.211. The molecule has 0 saturated heterocycles. The number of rotatable bonds is 2. The number of nitrogens with zero attached hydrogens (tertiary/aromatic N) is 2. The molecule has 0 N–H and O–H groups in total. The second-order valence-electron chi connectivity index (χ2n) is 6.43. The van der Waals surface area contributed by atoms with E-state index in [0.29, 0.717) is 0 Å². The minimum absolute atomic E-state index is 0.00790. The minimum atomic E-state index is -0.00790. The molecule has 0 aliphatic carbocycles. The maximum absolute atomic E-state index is 5.96. The molecule has 112 valence electrons. The van der Waals surface area contributed by atoms with E-state index in [1.165, 1.54) is 11.1 Å². The highest BCUT2D eigenvalue weighted by atomic mass is 35.5. The molecule has 0 aliphatic heterocycles. The highest BCUT2D eigenvalue weighted by Gasteiger charge is 2.14. The van der Waals surface area contributed by atoms with Crippen LogP contribution in [0.15, 0.2) is 60.9 Å². The van der Waals surface area contributed by atoms with Crippen molar-refractivity contribution in [2.75, 3.05) is 0 Å². The van der Waals surface area contributed by atoms with E-state index in [4.69, 9.17) is 11.6 Å². The average molecular weight is 311 g/mol. The Morgan fingerprint density at radius 3 is 2.09 bits per heavy atom. The standard InChI is InChI=1S/C19H19ClN2/c1-19(2,3)22-13-17(12-21-22)16-6-4-5-15(11-16)14-7-9-18(20)10-8-14/h4-13H,1-3H3. The van der Waals surface area contributed by atoms with Gasteiger partial charge in [0.15, 0.2) is 0 Å². The largest absolute Gasteiger partial charge is 0.267 e. The Kier molecular flexibility index (Phi) is 3.79. The summed E-state index contributed by atoms with van der Waals surface area (Å²) in [4.78, 5) is 0. The summed E-state index contributed by atoms with van der Waals surface area (Å²) >= 11 is 5.96. The van der Waals surface area contributed by atoms with E-state index >= 15 is 0 Å². The molecule has 2 nitrogen and oxygen atoms in total. The third-order valence-corrected chi connectivity index (χ3v) is 3.90. The Hall–Kier alpha value is -2.06. The summed E-state index contributed by atoms with van der Waals surface area (Å²) < 4.78 is 2.00.